The number of aromatic nitrogens is 2. The number of hydrogen-bond donors (Lipinski definition) is 2. The smallest absolute Gasteiger partial charge is 0.337 e. The molecule has 0 bridgehead atoms. The van der Waals surface area contributed by atoms with Crippen molar-refractivity contribution < 1.29 is 9.90 Å². The highest BCUT2D eigenvalue weighted by Crippen LogP contribution is 2.28. The van der Waals surface area contributed by atoms with E-state index in [-0.39, 0.29) is 5.56 Å². The quantitative estimate of drug-likeness (QED) is 0.744. The van der Waals surface area contributed by atoms with Crippen molar-refractivity contribution in [2.75, 3.05) is 0 Å². The fraction of sp³-hybridized carbons (Fsp3) is 0. The van der Waals surface area contributed by atoms with Crippen molar-refractivity contribution in [1.29, 1.82) is 0 Å². The number of aromatic amines is 1. The molecule has 4 nitrogen and oxygen atoms in total. The van der Waals surface area contributed by atoms with Crippen LogP contribution in [0.15, 0.2) is 36.4 Å². The fourth-order valence-corrected chi connectivity index (χ4v) is 2.28. The van der Waals surface area contributed by atoms with Gasteiger partial charge in [-0.3, -0.25) is 0 Å². The Morgan fingerprint density at radius 3 is 2.65 bits per heavy atom. The zero-order valence-corrected chi connectivity index (χ0v) is 11.5. The number of para-hydroxylation sites is 1. The zero-order valence-electron chi connectivity index (χ0n) is 10.0. The molecule has 0 spiro atoms. The van der Waals surface area contributed by atoms with E-state index >= 15 is 0 Å². The summed E-state index contributed by atoms with van der Waals surface area (Å²) in [4.78, 5) is 18.6. The minimum atomic E-state index is -1.01. The Balaban J connectivity index is 2.20. The number of carboxylic acid groups (broad SMARTS) is 1. The lowest BCUT2D eigenvalue weighted by Gasteiger charge is -1.99. The fourth-order valence-electron chi connectivity index (χ4n) is 1.98. The van der Waals surface area contributed by atoms with Gasteiger partial charge in [0.2, 0.25) is 0 Å². The van der Waals surface area contributed by atoms with E-state index in [1.807, 2.05) is 0 Å². The molecule has 2 N–H and O–H groups in total. The first-order valence-corrected chi connectivity index (χ1v) is 6.49. The van der Waals surface area contributed by atoms with Crippen LogP contribution in [0.5, 0.6) is 0 Å². The molecule has 0 unspecified atom stereocenters. The van der Waals surface area contributed by atoms with E-state index in [1.54, 1.807) is 30.3 Å². The minimum Gasteiger partial charge on any atom is -0.478 e. The van der Waals surface area contributed by atoms with Crippen LogP contribution in [0.2, 0.25) is 10.0 Å². The van der Waals surface area contributed by atoms with Crippen LogP contribution >= 0.6 is 23.2 Å². The van der Waals surface area contributed by atoms with Gasteiger partial charge < -0.3 is 10.1 Å². The normalized spacial score (nSPS) is 10.9. The maximum absolute atomic E-state index is 11.2. The Kier molecular flexibility index (Phi) is 3.12. The van der Waals surface area contributed by atoms with Crippen LogP contribution in [0.4, 0.5) is 0 Å². The first-order valence-electron chi connectivity index (χ1n) is 5.73. The van der Waals surface area contributed by atoms with Gasteiger partial charge in [-0.1, -0.05) is 29.3 Å². The lowest BCUT2D eigenvalue weighted by Crippen LogP contribution is -1.96. The van der Waals surface area contributed by atoms with Gasteiger partial charge in [0.1, 0.15) is 11.3 Å². The highest BCUT2D eigenvalue weighted by Gasteiger charge is 2.13. The number of carbonyl (C=O) groups is 1. The molecule has 0 aliphatic heterocycles. The molecule has 0 amide bonds. The summed E-state index contributed by atoms with van der Waals surface area (Å²) in [6, 6.07) is 10.1. The Bertz CT molecular complexity index is 827. The van der Waals surface area contributed by atoms with E-state index in [0.717, 1.165) is 5.56 Å². The van der Waals surface area contributed by atoms with Gasteiger partial charge in [-0.2, -0.15) is 0 Å². The van der Waals surface area contributed by atoms with Crippen molar-refractivity contribution in [2.45, 2.75) is 0 Å². The number of nitrogens with one attached hydrogen (secondary N) is 1. The molecular formula is C14H8Cl2N2O2. The predicted octanol–water partition coefficient (Wildman–Crippen LogP) is 4.23. The zero-order chi connectivity index (χ0) is 14.3. The van der Waals surface area contributed by atoms with Gasteiger partial charge in [0.05, 0.1) is 21.1 Å². The summed E-state index contributed by atoms with van der Waals surface area (Å²) in [7, 11) is 0. The van der Waals surface area contributed by atoms with E-state index < -0.39 is 5.97 Å². The lowest BCUT2D eigenvalue weighted by atomic mass is 10.2. The highest BCUT2D eigenvalue weighted by atomic mass is 35.5. The van der Waals surface area contributed by atoms with Gasteiger partial charge >= 0.3 is 5.97 Å². The maximum Gasteiger partial charge on any atom is 0.337 e. The molecule has 0 aliphatic carbocycles. The molecular weight excluding hydrogens is 299 g/mol. The van der Waals surface area contributed by atoms with Crippen LogP contribution < -0.4 is 0 Å². The Hall–Kier alpha value is -2.04. The Labute approximate surface area is 124 Å². The number of halogens is 2. The largest absolute Gasteiger partial charge is 0.478 e. The number of benzene rings is 2. The molecule has 20 heavy (non-hydrogen) atoms. The Morgan fingerprint density at radius 2 is 1.95 bits per heavy atom. The monoisotopic (exact) mass is 306 g/mol. The van der Waals surface area contributed by atoms with Crippen LogP contribution in [0.3, 0.4) is 0 Å². The number of aromatic carboxylic acids is 1. The molecule has 1 heterocycles. The second-order valence-electron chi connectivity index (χ2n) is 4.22. The average molecular weight is 307 g/mol. The topological polar surface area (TPSA) is 66.0 Å². The van der Waals surface area contributed by atoms with Gasteiger partial charge in [0, 0.05) is 5.56 Å². The molecule has 0 saturated carbocycles. The number of rotatable bonds is 2. The standard InChI is InChI=1S/C14H8Cl2N2O2/c15-9-5-4-7(6-10(9)16)13-17-11-3-1-2-8(14(19)20)12(11)18-13/h1-6H,(H,17,18)(H,19,20). The minimum absolute atomic E-state index is 0.157. The third-order valence-corrected chi connectivity index (χ3v) is 3.68. The van der Waals surface area contributed by atoms with Crippen molar-refractivity contribution in [1.82, 2.24) is 9.97 Å². The van der Waals surface area contributed by atoms with Gasteiger partial charge in [-0.05, 0) is 30.3 Å². The molecule has 1 aromatic heterocycles. The molecule has 6 heteroatoms. The van der Waals surface area contributed by atoms with E-state index in [4.69, 9.17) is 28.3 Å². The summed E-state index contributed by atoms with van der Waals surface area (Å²) in [6.45, 7) is 0. The number of hydrogen-bond acceptors (Lipinski definition) is 2. The van der Waals surface area contributed by atoms with Gasteiger partial charge in [0.25, 0.3) is 0 Å². The first-order chi connectivity index (χ1) is 9.56. The first kappa shape index (κ1) is 13.0. The second kappa shape index (κ2) is 4.81. The summed E-state index contributed by atoms with van der Waals surface area (Å²) >= 11 is 11.8. The van der Waals surface area contributed by atoms with E-state index in [0.29, 0.717) is 26.9 Å². The number of nitrogens with zero attached hydrogens (tertiary/aromatic N) is 1. The third kappa shape index (κ3) is 2.13. The van der Waals surface area contributed by atoms with Crippen LogP contribution in [0.1, 0.15) is 10.4 Å². The van der Waals surface area contributed by atoms with E-state index in [1.165, 1.54) is 6.07 Å². The van der Waals surface area contributed by atoms with Crippen LogP contribution in [-0.2, 0) is 0 Å². The van der Waals surface area contributed by atoms with Crippen LogP contribution in [-0.4, -0.2) is 21.0 Å². The molecule has 100 valence electrons. The molecule has 3 rings (SSSR count). The molecule has 0 saturated heterocycles. The van der Waals surface area contributed by atoms with Crippen molar-refractivity contribution in [2.24, 2.45) is 0 Å². The maximum atomic E-state index is 11.2. The third-order valence-electron chi connectivity index (χ3n) is 2.94. The van der Waals surface area contributed by atoms with Crippen LogP contribution in [0.25, 0.3) is 22.4 Å². The average Bonchev–Trinajstić information content (AvgIpc) is 2.85. The summed E-state index contributed by atoms with van der Waals surface area (Å²) < 4.78 is 0. The summed E-state index contributed by atoms with van der Waals surface area (Å²) in [5.41, 5.74) is 1.98. The molecule has 0 atom stereocenters. The van der Waals surface area contributed by atoms with Crippen molar-refractivity contribution in [3.05, 3.63) is 52.0 Å². The number of carboxylic acids is 1. The van der Waals surface area contributed by atoms with Gasteiger partial charge in [-0.25, -0.2) is 9.78 Å². The SMILES string of the molecule is O=C(O)c1cccc2[nH]c(-c3ccc(Cl)c(Cl)c3)nc12. The molecule has 0 radical (unpaired) electrons. The van der Waals surface area contributed by atoms with Crippen molar-refractivity contribution in [3.8, 4) is 11.4 Å². The number of imidazole rings is 1. The summed E-state index contributed by atoms with van der Waals surface area (Å²) in [6.07, 6.45) is 0. The number of fused-ring (bicyclic) bond motifs is 1. The van der Waals surface area contributed by atoms with Gasteiger partial charge in [-0.15, -0.1) is 0 Å². The molecule has 3 aromatic rings. The number of H-pyrrole nitrogens is 1. The van der Waals surface area contributed by atoms with Crippen LogP contribution in [0, 0.1) is 0 Å². The van der Waals surface area contributed by atoms with Gasteiger partial charge in [0.15, 0.2) is 0 Å². The second-order valence-corrected chi connectivity index (χ2v) is 5.04. The highest BCUT2D eigenvalue weighted by molar-refractivity contribution is 6.42. The van der Waals surface area contributed by atoms with Crippen molar-refractivity contribution >= 4 is 40.2 Å². The summed E-state index contributed by atoms with van der Waals surface area (Å²) in [5.74, 6) is -0.463. The molecule has 0 aliphatic rings. The predicted molar refractivity (Wildman–Crippen MR) is 78.5 cm³/mol. The lowest BCUT2D eigenvalue weighted by molar-refractivity contribution is 0.0699. The molecule has 0 fully saturated rings. The van der Waals surface area contributed by atoms with E-state index in [9.17, 15) is 4.79 Å². The van der Waals surface area contributed by atoms with E-state index in [2.05, 4.69) is 9.97 Å². The summed E-state index contributed by atoms with van der Waals surface area (Å²) in [5, 5.41) is 10.0. The Morgan fingerprint density at radius 1 is 1.15 bits per heavy atom. The molecule has 2 aromatic carbocycles. The van der Waals surface area contributed by atoms with Crippen molar-refractivity contribution in [3.63, 3.8) is 0 Å².